The van der Waals surface area contributed by atoms with E-state index in [-0.39, 0.29) is 5.91 Å². The molecule has 1 atom stereocenters. The predicted molar refractivity (Wildman–Crippen MR) is 99.1 cm³/mol. The Balaban J connectivity index is 1.78. The van der Waals surface area contributed by atoms with E-state index in [1.54, 1.807) is 0 Å². The fourth-order valence-electron chi connectivity index (χ4n) is 3.08. The zero-order chi connectivity index (χ0) is 19.6. The lowest BCUT2D eigenvalue weighted by molar-refractivity contribution is -0.137. The first-order valence-corrected chi connectivity index (χ1v) is 9.50. The second kappa shape index (κ2) is 7.95. The molecule has 146 valence electrons. The number of halogens is 3. The van der Waals surface area contributed by atoms with Crippen LogP contribution >= 0.6 is 11.3 Å². The van der Waals surface area contributed by atoms with Gasteiger partial charge in [-0.1, -0.05) is 0 Å². The van der Waals surface area contributed by atoms with Crippen LogP contribution in [0.1, 0.15) is 25.1 Å². The molecule has 0 radical (unpaired) electrons. The van der Waals surface area contributed by atoms with E-state index in [1.807, 2.05) is 5.38 Å². The summed E-state index contributed by atoms with van der Waals surface area (Å²) in [6.07, 6.45) is -4.41. The van der Waals surface area contributed by atoms with E-state index in [0.29, 0.717) is 23.4 Å². The lowest BCUT2D eigenvalue weighted by atomic mass is 10.2. The first kappa shape index (κ1) is 19.8. The van der Waals surface area contributed by atoms with Crippen LogP contribution in [-0.4, -0.2) is 41.5 Å². The third kappa shape index (κ3) is 4.85. The van der Waals surface area contributed by atoms with Gasteiger partial charge < -0.3 is 5.32 Å². The van der Waals surface area contributed by atoms with Crippen molar-refractivity contribution >= 4 is 28.1 Å². The highest BCUT2D eigenvalue weighted by molar-refractivity contribution is 7.14. The van der Waals surface area contributed by atoms with E-state index in [2.05, 4.69) is 22.1 Å². The highest BCUT2D eigenvalue weighted by Crippen LogP contribution is 2.33. The molecule has 1 aromatic carbocycles. The SMILES string of the molecule is CC(=O)N(c1ccc(C(F)(F)F)cc1)c1nc(CN2CCN[C@H](C)C2)cs1. The number of nitrogens with one attached hydrogen (secondary N) is 1. The molecule has 0 saturated carbocycles. The Morgan fingerprint density at radius 3 is 2.67 bits per heavy atom. The van der Waals surface area contributed by atoms with Gasteiger partial charge >= 0.3 is 6.18 Å². The third-order valence-corrected chi connectivity index (χ3v) is 5.21. The molecule has 9 heteroatoms. The Morgan fingerprint density at radius 2 is 2.07 bits per heavy atom. The van der Waals surface area contributed by atoms with Crippen LogP contribution in [0.4, 0.5) is 24.0 Å². The van der Waals surface area contributed by atoms with Crippen LogP contribution in [0.2, 0.25) is 0 Å². The Labute approximate surface area is 159 Å². The average molecular weight is 398 g/mol. The monoisotopic (exact) mass is 398 g/mol. The normalized spacial score (nSPS) is 18.5. The van der Waals surface area contributed by atoms with Gasteiger partial charge in [0.2, 0.25) is 5.91 Å². The van der Waals surface area contributed by atoms with Crippen molar-refractivity contribution in [3.05, 3.63) is 40.9 Å². The van der Waals surface area contributed by atoms with E-state index >= 15 is 0 Å². The fourth-order valence-corrected chi connectivity index (χ4v) is 3.96. The van der Waals surface area contributed by atoms with Gasteiger partial charge in [0.05, 0.1) is 16.9 Å². The quantitative estimate of drug-likeness (QED) is 0.854. The minimum Gasteiger partial charge on any atom is -0.312 e. The third-order valence-electron chi connectivity index (χ3n) is 4.34. The minimum absolute atomic E-state index is 0.300. The molecule has 5 nitrogen and oxygen atoms in total. The van der Waals surface area contributed by atoms with Gasteiger partial charge in [-0.2, -0.15) is 13.2 Å². The summed E-state index contributed by atoms with van der Waals surface area (Å²) in [7, 11) is 0. The van der Waals surface area contributed by atoms with Gasteiger partial charge in [-0.25, -0.2) is 4.98 Å². The van der Waals surface area contributed by atoms with Crippen molar-refractivity contribution in [2.45, 2.75) is 32.6 Å². The van der Waals surface area contributed by atoms with Gasteiger partial charge in [0, 0.05) is 44.5 Å². The first-order valence-electron chi connectivity index (χ1n) is 8.62. The summed E-state index contributed by atoms with van der Waals surface area (Å²) in [5.74, 6) is -0.300. The summed E-state index contributed by atoms with van der Waals surface area (Å²) < 4.78 is 38.3. The molecule has 1 fully saturated rings. The standard InChI is InChI=1S/C18H21F3N4OS/c1-12-9-24(8-7-22-12)10-15-11-27-17(23-15)25(13(2)26)16-5-3-14(4-6-16)18(19,20)21/h3-6,11-12,22H,7-10H2,1-2H3/t12-/m1/s1. The summed E-state index contributed by atoms with van der Waals surface area (Å²) in [5, 5.41) is 5.73. The van der Waals surface area contributed by atoms with Crippen molar-refractivity contribution in [2.24, 2.45) is 0 Å². The van der Waals surface area contributed by atoms with Crippen molar-refractivity contribution in [3.63, 3.8) is 0 Å². The Bertz CT molecular complexity index is 791. The van der Waals surface area contributed by atoms with E-state index in [9.17, 15) is 18.0 Å². The van der Waals surface area contributed by atoms with E-state index in [4.69, 9.17) is 0 Å². The smallest absolute Gasteiger partial charge is 0.312 e. The summed E-state index contributed by atoms with van der Waals surface area (Å²) in [6.45, 7) is 6.94. The largest absolute Gasteiger partial charge is 0.416 e. The van der Waals surface area contributed by atoms with Crippen molar-refractivity contribution in [1.29, 1.82) is 0 Å². The van der Waals surface area contributed by atoms with Crippen molar-refractivity contribution < 1.29 is 18.0 Å². The maximum absolute atomic E-state index is 12.8. The molecular weight excluding hydrogens is 377 g/mol. The average Bonchev–Trinajstić information content (AvgIpc) is 3.02. The number of benzene rings is 1. The van der Waals surface area contributed by atoms with Crippen molar-refractivity contribution in [2.75, 3.05) is 24.5 Å². The molecule has 1 N–H and O–H groups in total. The molecule has 0 unspecified atom stereocenters. The fraction of sp³-hybridized carbons (Fsp3) is 0.444. The highest BCUT2D eigenvalue weighted by Gasteiger charge is 2.30. The summed E-state index contributed by atoms with van der Waals surface area (Å²) in [4.78, 5) is 20.3. The maximum atomic E-state index is 12.8. The number of piperazine rings is 1. The predicted octanol–water partition coefficient (Wildman–Crippen LogP) is 3.64. The molecule has 1 aromatic heterocycles. The number of carbonyl (C=O) groups excluding carboxylic acids is 1. The Morgan fingerprint density at radius 1 is 1.37 bits per heavy atom. The molecule has 0 bridgehead atoms. The summed E-state index contributed by atoms with van der Waals surface area (Å²) >= 11 is 1.31. The summed E-state index contributed by atoms with van der Waals surface area (Å²) in [6, 6.07) is 4.95. The number of anilines is 2. The minimum atomic E-state index is -4.41. The van der Waals surface area contributed by atoms with Gasteiger partial charge in [0.25, 0.3) is 0 Å². The number of hydrogen-bond acceptors (Lipinski definition) is 5. The highest BCUT2D eigenvalue weighted by atomic mass is 32.1. The molecule has 2 heterocycles. The topological polar surface area (TPSA) is 48.5 Å². The zero-order valence-electron chi connectivity index (χ0n) is 15.1. The number of carbonyl (C=O) groups is 1. The molecule has 2 aromatic rings. The van der Waals surface area contributed by atoms with Gasteiger partial charge in [0.1, 0.15) is 0 Å². The summed E-state index contributed by atoms with van der Waals surface area (Å²) in [5.41, 5.74) is 0.469. The number of hydrogen-bond donors (Lipinski definition) is 1. The second-order valence-electron chi connectivity index (χ2n) is 6.61. The molecule has 1 aliphatic rings. The van der Waals surface area contributed by atoms with Crippen LogP contribution in [0.5, 0.6) is 0 Å². The second-order valence-corrected chi connectivity index (χ2v) is 7.45. The lowest BCUT2D eigenvalue weighted by Gasteiger charge is -2.31. The zero-order valence-corrected chi connectivity index (χ0v) is 15.9. The molecule has 27 heavy (non-hydrogen) atoms. The van der Waals surface area contributed by atoms with E-state index < -0.39 is 11.7 Å². The van der Waals surface area contributed by atoms with Gasteiger partial charge in [-0.05, 0) is 31.2 Å². The molecule has 1 amide bonds. The van der Waals surface area contributed by atoms with Gasteiger partial charge in [-0.15, -0.1) is 11.3 Å². The van der Waals surface area contributed by atoms with Crippen LogP contribution in [0.15, 0.2) is 29.6 Å². The Hall–Kier alpha value is -1.97. The molecule has 1 aliphatic heterocycles. The number of rotatable bonds is 4. The van der Waals surface area contributed by atoms with Crippen molar-refractivity contribution in [1.82, 2.24) is 15.2 Å². The molecule has 3 rings (SSSR count). The van der Waals surface area contributed by atoms with E-state index in [1.165, 1.54) is 35.3 Å². The van der Waals surface area contributed by atoms with Crippen LogP contribution in [0, 0.1) is 0 Å². The first-order chi connectivity index (χ1) is 12.7. The van der Waals surface area contributed by atoms with Crippen LogP contribution < -0.4 is 10.2 Å². The number of amides is 1. The van der Waals surface area contributed by atoms with Gasteiger partial charge in [0.15, 0.2) is 5.13 Å². The van der Waals surface area contributed by atoms with Gasteiger partial charge in [-0.3, -0.25) is 14.6 Å². The van der Waals surface area contributed by atoms with Crippen LogP contribution in [-0.2, 0) is 17.5 Å². The molecular formula is C18H21F3N4OS. The number of nitrogens with zero attached hydrogens (tertiary/aromatic N) is 3. The molecule has 1 saturated heterocycles. The van der Waals surface area contributed by atoms with Crippen molar-refractivity contribution in [3.8, 4) is 0 Å². The molecule has 0 aliphatic carbocycles. The lowest BCUT2D eigenvalue weighted by Crippen LogP contribution is -2.48. The number of alkyl halides is 3. The van der Waals surface area contributed by atoms with E-state index in [0.717, 1.165) is 37.5 Å². The number of aromatic nitrogens is 1. The molecule has 0 spiro atoms. The van der Waals surface area contributed by atoms with Crippen LogP contribution in [0.3, 0.4) is 0 Å². The Kier molecular flexibility index (Phi) is 5.83. The van der Waals surface area contributed by atoms with Crippen LogP contribution in [0.25, 0.3) is 0 Å². The maximum Gasteiger partial charge on any atom is 0.416 e. The number of thiazole rings is 1.